The second kappa shape index (κ2) is 4.01. The Kier molecular flexibility index (Phi) is 2.37. The van der Waals surface area contributed by atoms with Crippen molar-refractivity contribution >= 4 is 56.0 Å². The van der Waals surface area contributed by atoms with Gasteiger partial charge in [0.05, 0.1) is 26.5 Å². The predicted octanol–water partition coefficient (Wildman–Crippen LogP) is 4.73. The Morgan fingerprint density at radius 2 is 1.65 bits per heavy atom. The summed E-state index contributed by atoms with van der Waals surface area (Å²) in [5.74, 6) is 0. The molecule has 98 valence electrons. The zero-order valence-electron chi connectivity index (χ0n) is 10.0. The molecule has 0 atom stereocenters. The molecule has 0 amide bonds. The van der Waals surface area contributed by atoms with Gasteiger partial charge in [-0.3, -0.25) is 0 Å². The number of nitrogens with one attached hydrogen (secondary N) is 1. The molecule has 3 nitrogen and oxygen atoms in total. The van der Waals surface area contributed by atoms with Gasteiger partial charge in [-0.15, -0.1) is 0 Å². The predicted molar refractivity (Wildman–Crippen MR) is 81.9 cm³/mol. The topological polar surface area (TPSA) is 46.0 Å². The van der Waals surface area contributed by atoms with Crippen molar-refractivity contribution in [1.29, 1.82) is 0 Å². The molecule has 0 bridgehead atoms. The summed E-state index contributed by atoms with van der Waals surface area (Å²) in [6.45, 7) is 0. The number of aromatic amines is 1. The number of hydrogen-bond donors (Lipinski definition) is 1. The largest absolute Gasteiger partial charge is 0.420 e. The molecule has 4 rings (SSSR count). The fourth-order valence-electron chi connectivity index (χ4n) is 2.50. The third-order valence-electron chi connectivity index (χ3n) is 3.43. The van der Waals surface area contributed by atoms with Crippen LogP contribution in [0.1, 0.15) is 0 Å². The summed E-state index contributed by atoms with van der Waals surface area (Å²) >= 11 is 12.2. The Morgan fingerprint density at radius 1 is 0.900 bits per heavy atom. The van der Waals surface area contributed by atoms with E-state index in [0.717, 1.165) is 16.3 Å². The summed E-state index contributed by atoms with van der Waals surface area (Å²) in [6, 6.07) is 10.8. The molecule has 0 aliphatic heterocycles. The van der Waals surface area contributed by atoms with Gasteiger partial charge in [0, 0.05) is 10.8 Å². The number of benzene rings is 2. The third kappa shape index (κ3) is 1.45. The SMILES string of the molecule is O=c1oc2c3ccc(Cl)c(Cl)c3[nH]c2c2ccccc12. The Hall–Kier alpha value is -1.97. The van der Waals surface area contributed by atoms with E-state index in [2.05, 4.69) is 4.98 Å². The second-order valence-electron chi connectivity index (χ2n) is 4.55. The average molecular weight is 304 g/mol. The van der Waals surface area contributed by atoms with E-state index in [4.69, 9.17) is 27.6 Å². The normalized spacial score (nSPS) is 11.7. The Labute approximate surface area is 122 Å². The molecule has 0 saturated carbocycles. The lowest BCUT2D eigenvalue weighted by atomic mass is 10.1. The number of fused-ring (bicyclic) bond motifs is 5. The van der Waals surface area contributed by atoms with E-state index in [0.29, 0.717) is 26.5 Å². The minimum Gasteiger partial charge on any atom is -0.420 e. The summed E-state index contributed by atoms with van der Waals surface area (Å²) < 4.78 is 5.43. The number of aromatic nitrogens is 1. The Bertz CT molecular complexity index is 1050. The molecule has 0 aliphatic rings. The third-order valence-corrected chi connectivity index (χ3v) is 4.23. The van der Waals surface area contributed by atoms with Gasteiger partial charge in [0.1, 0.15) is 0 Å². The fourth-order valence-corrected chi connectivity index (χ4v) is 2.87. The van der Waals surface area contributed by atoms with Crippen molar-refractivity contribution in [3.05, 3.63) is 56.9 Å². The van der Waals surface area contributed by atoms with E-state index in [1.54, 1.807) is 24.3 Å². The van der Waals surface area contributed by atoms with Crippen molar-refractivity contribution in [2.75, 3.05) is 0 Å². The highest BCUT2D eigenvalue weighted by molar-refractivity contribution is 6.45. The lowest BCUT2D eigenvalue weighted by Crippen LogP contribution is -1.98. The van der Waals surface area contributed by atoms with E-state index in [1.165, 1.54) is 0 Å². The summed E-state index contributed by atoms with van der Waals surface area (Å²) in [4.78, 5) is 15.3. The van der Waals surface area contributed by atoms with Crippen LogP contribution in [0.5, 0.6) is 0 Å². The number of hydrogen-bond acceptors (Lipinski definition) is 2. The zero-order valence-corrected chi connectivity index (χ0v) is 11.5. The van der Waals surface area contributed by atoms with Crippen molar-refractivity contribution in [1.82, 2.24) is 4.98 Å². The van der Waals surface area contributed by atoms with Crippen molar-refractivity contribution in [3.8, 4) is 0 Å². The molecule has 2 aromatic heterocycles. The number of rotatable bonds is 0. The first-order valence-electron chi connectivity index (χ1n) is 5.98. The van der Waals surface area contributed by atoms with Crippen molar-refractivity contribution in [3.63, 3.8) is 0 Å². The second-order valence-corrected chi connectivity index (χ2v) is 5.33. The van der Waals surface area contributed by atoms with Crippen LogP contribution >= 0.6 is 23.2 Å². The average Bonchev–Trinajstić information content (AvgIpc) is 2.83. The van der Waals surface area contributed by atoms with Crippen molar-refractivity contribution in [2.24, 2.45) is 0 Å². The first-order chi connectivity index (χ1) is 9.66. The van der Waals surface area contributed by atoms with Gasteiger partial charge in [-0.2, -0.15) is 0 Å². The van der Waals surface area contributed by atoms with Gasteiger partial charge in [0.2, 0.25) is 0 Å². The number of halogens is 2. The van der Waals surface area contributed by atoms with Crippen LogP contribution in [0.4, 0.5) is 0 Å². The molecule has 20 heavy (non-hydrogen) atoms. The maximum absolute atomic E-state index is 12.0. The molecule has 0 aliphatic carbocycles. The quantitative estimate of drug-likeness (QED) is 0.510. The van der Waals surface area contributed by atoms with Crippen LogP contribution in [0.15, 0.2) is 45.6 Å². The standard InChI is InChI=1S/C15H7Cl2NO2/c16-10-6-5-9-12(11(10)17)18-13-7-3-1-2-4-8(7)15(19)20-14(9)13/h1-6,18H. The molecule has 0 spiro atoms. The summed E-state index contributed by atoms with van der Waals surface area (Å²) in [7, 11) is 0. The maximum atomic E-state index is 12.0. The lowest BCUT2D eigenvalue weighted by molar-refractivity contribution is 0.573. The van der Waals surface area contributed by atoms with Crippen LogP contribution in [-0.2, 0) is 0 Å². The molecule has 4 aromatic rings. The molecular weight excluding hydrogens is 297 g/mol. The fraction of sp³-hybridized carbons (Fsp3) is 0. The first kappa shape index (κ1) is 11.8. The highest BCUT2D eigenvalue weighted by Gasteiger charge is 2.15. The maximum Gasteiger partial charge on any atom is 0.344 e. The van der Waals surface area contributed by atoms with Gasteiger partial charge in [-0.1, -0.05) is 41.4 Å². The molecule has 5 heteroatoms. The Balaban J connectivity index is 2.36. The van der Waals surface area contributed by atoms with E-state index < -0.39 is 0 Å². The van der Waals surface area contributed by atoms with E-state index in [-0.39, 0.29) is 5.63 Å². The van der Waals surface area contributed by atoms with Crippen LogP contribution < -0.4 is 5.63 Å². The molecular formula is C15H7Cl2NO2. The summed E-state index contributed by atoms with van der Waals surface area (Å²) in [5, 5.41) is 2.97. The van der Waals surface area contributed by atoms with Crippen LogP contribution in [0.3, 0.4) is 0 Å². The number of H-pyrrole nitrogens is 1. The van der Waals surface area contributed by atoms with Gasteiger partial charge in [-0.05, 0) is 18.2 Å². The van der Waals surface area contributed by atoms with Crippen LogP contribution in [0.2, 0.25) is 10.0 Å². The van der Waals surface area contributed by atoms with Gasteiger partial charge >= 0.3 is 5.63 Å². The molecule has 0 fully saturated rings. The molecule has 1 N–H and O–H groups in total. The van der Waals surface area contributed by atoms with E-state index in [1.807, 2.05) is 12.1 Å². The van der Waals surface area contributed by atoms with Crippen LogP contribution in [-0.4, -0.2) is 4.98 Å². The summed E-state index contributed by atoms with van der Waals surface area (Å²) in [5.41, 5.74) is 1.57. The highest BCUT2D eigenvalue weighted by atomic mass is 35.5. The van der Waals surface area contributed by atoms with E-state index >= 15 is 0 Å². The zero-order chi connectivity index (χ0) is 13.9. The smallest absolute Gasteiger partial charge is 0.344 e. The molecule has 0 saturated heterocycles. The van der Waals surface area contributed by atoms with Crippen LogP contribution in [0, 0.1) is 0 Å². The Morgan fingerprint density at radius 3 is 2.45 bits per heavy atom. The molecule has 2 heterocycles. The molecule has 0 radical (unpaired) electrons. The first-order valence-corrected chi connectivity index (χ1v) is 6.73. The minimum atomic E-state index is -0.361. The van der Waals surface area contributed by atoms with Crippen molar-refractivity contribution < 1.29 is 4.42 Å². The minimum absolute atomic E-state index is 0.361. The van der Waals surface area contributed by atoms with Gasteiger partial charge < -0.3 is 9.40 Å². The summed E-state index contributed by atoms with van der Waals surface area (Å²) in [6.07, 6.45) is 0. The monoisotopic (exact) mass is 303 g/mol. The van der Waals surface area contributed by atoms with Gasteiger partial charge in [-0.25, -0.2) is 4.79 Å². The highest BCUT2D eigenvalue weighted by Crippen LogP contribution is 2.36. The van der Waals surface area contributed by atoms with E-state index in [9.17, 15) is 4.79 Å². The molecule has 2 aromatic carbocycles. The van der Waals surface area contributed by atoms with Gasteiger partial charge in [0.15, 0.2) is 5.58 Å². The van der Waals surface area contributed by atoms with Gasteiger partial charge in [0.25, 0.3) is 0 Å². The molecule has 0 unspecified atom stereocenters. The van der Waals surface area contributed by atoms with Crippen molar-refractivity contribution in [2.45, 2.75) is 0 Å². The lowest BCUT2D eigenvalue weighted by Gasteiger charge is -1.97. The van der Waals surface area contributed by atoms with Crippen LogP contribution in [0.25, 0.3) is 32.8 Å².